The molecule has 134 valence electrons. The Balaban J connectivity index is 1.71. The Morgan fingerprint density at radius 3 is 2.54 bits per heavy atom. The van der Waals surface area contributed by atoms with Crippen LogP contribution < -0.4 is 15.4 Å². The Kier molecular flexibility index (Phi) is 4.76. The quantitative estimate of drug-likeness (QED) is 0.819. The van der Waals surface area contributed by atoms with Crippen molar-refractivity contribution in [2.24, 2.45) is 0 Å². The van der Waals surface area contributed by atoms with Crippen molar-refractivity contribution in [1.82, 2.24) is 0 Å². The summed E-state index contributed by atoms with van der Waals surface area (Å²) in [5.41, 5.74) is 1.98. The summed E-state index contributed by atoms with van der Waals surface area (Å²) in [6.45, 7) is 2.58. The number of benzene rings is 2. The Morgan fingerprint density at radius 2 is 1.96 bits per heavy atom. The number of halogens is 2. The van der Waals surface area contributed by atoms with Crippen LogP contribution in [0.25, 0.3) is 0 Å². The lowest BCUT2D eigenvalue weighted by molar-refractivity contribution is 0.0665. The monoisotopic (exact) mass is 357 g/mol. The molecule has 0 saturated heterocycles. The molecular weight excluding hydrogens is 340 g/mol. The zero-order valence-electron chi connectivity index (χ0n) is 14.1. The molecule has 1 fully saturated rings. The maximum atomic E-state index is 12.9. The molecule has 26 heavy (non-hydrogen) atoms. The highest BCUT2D eigenvalue weighted by Crippen LogP contribution is 2.44. The maximum absolute atomic E-state index is 12.9. The second-order valence-electron chi connectivity index (χ2n) is 5.95. The lowest BCUT2D eigenvalue weighted by Gasteiger charge is -2.13. The predicted octanol–water partition coefficient (Wildman–Crippen LogP) is 4.03. The number of nitrogens with zero attached hydrogens (tertiary/aromatic N) is 1. The second-order valence-corrected chi connectivity index (χ2v) is 5.95. The Morgan fingerprint density at radius 1 is 1.27 bits per heavy atom. The molecule has 2 N–H and O–H groups in total. The summed E-state index contributed by atoms with van der Waals surface area (Å²) < 4.78 is 30.9. The number of amides is 1. The van der Waals surface area contributed by atoms with Crippen molar-refractivity contribution in [3.8, 4) is 11.8 Å². The van der Waals surface area contributed by atoms with Crippen LogP contribution in [0, 0.1) is 11.3 Å². The van der Waals surface area contributed by atoms with Crippen molar-refractivity contribution in [3.63, 3.8) is 0 Å². The Bertz CT molecular complexity index is 860. The molecule has 3 rings (SSSR count). The van der Waals surface area contributed by atoms with Crippen LogP contribution in [-0.4, -0.2) is 24.5 Å². The smallest absolute Gasteiger partial charge is 0.288 e. The molecule has 2 aromatic rings. The molecule has 1 unspecified atom stereocenters. The number of rotatable bonds is 6. The number of hydrogen-bond acceptors (Lipinski definition) is 4. The van der Waals surface area contributed by atoms with Gasteiger partial charge in [0, 0.05) is 12.1 Å². The van der Waals surface area contributed by atoms with Gasteiger partial charge in [-0.1, -0.05) is 0 Å². The molecule has 0 bridgehead atoms. The first-order valence-corrected chi connectivity index (χ1v) is 8.17. The topological polar surface area (TPSA) is 74.2 Å². The molecule has 1 amide bonds. The van der Waals surface area contributed by atoms with Crippen molar-refractivity contribution in [2.75, 3.05) is 17.2 Å². The number of anilines is 2. The largest absolute Gasteiger partial charge is 0.484 e. The van der Waals surface area contributed by atoms with E-state index in [4.69, 9.17) is 10.00 Å². The first-order chi connectivity index (χ1) is 12.4. The van der Waals surface area contributed by atoms with Crippen LogP contribution in [0.3, 0.4) is 0 Å². The molecule has 1 aliphatic carbocycles. The highest BCUT2D eigenvalue weighted by Gasteiger charge is 2.59. The van der Waals surface area contributed by atoms with E-state index < -0.39 is 12.0 Å². The maximum Gasteiger partial charge on any atom is 0.288 e. The second kappa shape index (κ2) is 7.00. The van der Waals surface area contributed by atoms with Gasteiger partial charge in [-0.3, -0.25) is 4.79 Å². The molecule has 2 aromatic carbocycles. The van der Waals surface area contributed by atoms with Crippen molar-refractivity contribution >= 4 is 17.3 Å². The van der Waals surface area contributed by atoms with Crippen LogP contribution >= 0.6 is 0 Å². The van der Waals surface area contributed by atoms with Crippen molar-refractivity contribution in [1.29, 1.82) is 5.26 Å². The van der Waals surface area contributed by atoms with Crippen LogP contribution in [-0.2, 0) is 0 Å². The van der Waals surface area contributed by atoms with Gasteiger partial charge < -0.3 is 15.4 Å². The number of nitrogens with one attached hydrogen (secondary N) is 2. The fourth-order valence-electron chi connectivity index (χ4n) is 2.42. The molecule has 0 radical (unpaired) electrons. The average Bonchev–Trinajstić information content (AvgIpc) is 3.23. The highest BCUT2D eigenvalue weighted by atomic mass is 19.3. The van der Waals surface area contributed by atoms with Crippen molar-refractivity contribution < 1.29 is 18.3 Å². The zero-order chi connectivity index (χ0) is 18.7. The number of hydrogen-bond donors (Lipinski definition) is 2. The van der Waals surface area contributed by atoms with Crippen molar-refractivity contribution in [2.45, 2.75) is 25.4 Å². The van der Waals surface area contributed by atoms with Gasteiger partial charge in [0.05, 0.1) is 29.4 Å². The van der Waals surface area contributed by atoms with Gasteiger partial charge in [-0.05, 0) is 49.4 Å². The van der Waals surface area contributed by atoms with E-state index in [-0.39, 0.29) is 12.3 Å². The molecule has 5 nitrogen and oxygen atoms in total. The van der Waals surface area contributed by atoms with Crippen LogP contribution in [0.5, 0.6) is 5.75 Å². The van der Waals surface area contributed by atoms with E-state index in [9.17, 15) is 13.6 Å². The first kappa shape index (κ1) is 17.7. The van der Waals surface area contributed by atoms with Crippen LogP contribution in [0.15, 0.2) is 42.5 Å². The standard InChI is InChI=1S/C19H17F2N3O2/c1-2-23-15-8-3-12(11-22)9-16(15)24-18(25)13-4-6-14(7-5-13)26-17-10-19(17,20)21/h3-9,17,23H,2,10H2,1H3,(H,24,25). The minimum Gasteiger partial charge on any atom is -0.484 e. The lowest BCUT2D eigenvalue weighted by atomic mass is 10.1. The average molecular weight is 357 g/mol. The fraction of sp³-hybridized carbons (Fsp3) is 0.263. The van der Waals surface area contributed by atoms with Gasteiger partial charge in [0.1, 0.15) is 5.75 Å². The fourth-order valence-corrected chi connectivity index (χ4v) is 2.42. The van der Waals surface area contributed by atoms with Crippen LogP contribution in [0.1, 0.15) is 29.3 Å². The van der Waals surface area contributed by atoms with Crippen LogP contribution in [0.4, 0.5) is 20.2 Å². The number of ether oxygens (including phenoxy) is 1. The SMILES string of the molecule is CCNc1ccc(C#N)cc1NC(=O)c1ccc(OC2CC2(F)F)cc1. The Hall–Kier alpha value is -3.14. The van der Waals surface area contributed by atoms with Crippen LogP contribution in [0.2, 0.25) is 0 Å². The number of alkyl halides is 2. The van der Waals surface area contributed by atoms with E-state index in [1.807, 2.05) is 13.0 Å². The molecule has 7 heteroatoms. The van der Waals surface area contributed by atoms with E-state index in [2.05, 4.69) is 10.6 Å². The lowest BCUT2D eigenvalue weighted by Crippen LogP contribution is -2.14. The third-order valence-corrected chi connectivity index (χ3v) is 3.93. The van der Waals surface area contributed by atoms with E-state index in [0.29, 0.717) is 34.8 Å². The van der Waals surface area contributed by atoms with E-state index in [0.717, 1.165) is 0 Å². The molecule has 1 aliphatic rings. The normalized spacial score (nSPS) is 17.1. The minimum absolute atomic E-state index is 0.280. The molecule has 0 aliphatic heterocycles. The predicted molar refractivity (Wildman–Crippen MR) is 93.7 cm³/mol. The summed E-state index contributed by atoms with van der Waals surface area (Å²) in [4.78, 5) is 12.4. The van der Waals surface area contributed by atoms with Gasteiger partial charge in [0.25, 0.3) is 11.8 Å². The van der Waals surface area contributed by atoms with Gasteiger partial charge >= 0.3 is 0 Å². The molecule has 1 atom stereocenters. The third kappa shape index (κ3) is 3.91. The highest BCUT2D eigenvalue weighted by molar-refractivity contribution is 6.06. The number of carbonyl (C=O) groups excluding carboxylic acids is 1. The first-order valence-electron chi connectivity index (χ1n) is 8.17. The van der Waals surface area contributed by atoms with E-state index >= 15 is 0 Å². The van der Waals surface area contributed by atoms with Gasteiger partial charge in [0.15, 0.2) is 6.10 Å². The molecule has 1 saturated carbocycles. The van der Waals surface area contributed by atoms with Crippen molar-refractivity contribution in [3.05, 3.63) is 53.6 Å². The summed E-state index contributed by atoms with van der Waals surface area (Å²) in [6, 6.07) is 13.0. The summed E-state index contributed by atoms with van der Waals surface area (Å²) in [5.74, 6) is -2.84. The van der Waals surface area contributed by atoms with Gasteiger partial charge in [0.2, 0.25) is 0 Å². The molecule has 0 spiro atoms. The number of carbonyl (C=O) groups is 1. The van der Waals surface area contributed by atoms with E-state index in [1.165, 1.54) is 24.3 Å². The van der Waals surface area contributed by atoms with Gasteiger partial charge in [-0.25, -0.2) is 8.78 Å². The third-order valence-electron chi connectivity index (χ3n) is 3.93. The Labute approximate surface area is 149 Å². The zero-order valence-corrected chi connectivity index (χ0v) is 14.1. The van der Waals surface area contributed by atoms with Gasteiger partial charge in [-0.15, -0.1) is 0 Å². The summed E-state index contributed by atoms with van der Waals surface area (Å²) in [6.07, 6.45) is -1.36. The van der Waals surface area contributed by atoms with Gasteiger partial charge in [-0.2, -0.15) is 5.26 Å². The molecule has 0 aromatic heterocycles. The summed E-state index contributed by atoms with van der Waals surface area (Å²) in [5, 5.41) is 14.9. The number of nitriles is 1. The molecular formula is C19H17F2N3O2. The summed E-state index contributed by atoms with van der Waals surface area (Å²) in [7, 11) is 0. The molecule has 0 heterocycles. The van der Waals surface area contributed by atoms with E-state index in [1.54, 1.807) is 18.2 Å². The summed E-state index contributed by atoms with van der Waals surface area (Å²) >= 11 is 0. The minimum atomic E-state index is -2.76.